The number of hydrogen-bond acceptors (Lipinski definition) is 4. The van der Waals surface area contributed by atoms with Crippen molar-refractivity contribution in [1.29, 1.82) is 0 Å². The van der Waals surface area contributed by atoms with Crippen LogP contribution < -0.4 is 4.31 Å². The Balaban J connectivity index is 2.18. The average molecular weight is 353 g/mol. The molecule has 0 saturated carbocycles. The Morgan fingerprint density at radius 2 is 1.83 bits per heavy atom. The monoisotopic (exact) mass is 353 g/mol. The first-order valence-electron chi connectivity index (χ1n) is 7.89. The highest BCUT2D eigenvalue weighted by Crippen LogP contribution is 2.23. The van der Waals surface area contributed by atoms with Crippen LogP contribution in [0.3, 0.4) is 0 Å². The maximum absolute atomic E-state index is 12.5. The fraction of sp³-hybridized carbons (Fsp3) is 0.500. The molecule has 0 unspecified atom stereocenters. The number of rotatable bonds is 6. The van der Waals surface area contributed by atoms with Gasteiger partial charge in [0.1, 0.15) is 6.54 Å². The Morgan fingerprint density at radius 3 is 2.38 bits per heavy atom. The zero-order valence-electron chi connectivity index (χ0n) is 14.0. The normalized spacial score (nSPS) is 15.2. The SMILES string of the molecule is CCc1ccccc1N(CC(=O)N1CCN(C=O)CC1)S(C)(=O)=O. The van der Waals surface area contributed by atoms with E-state index >= 15 is 0 Å². The highest BCUT2D eigenvalue weighted by atomic mass is 32.2. The molecule has 1 saturated heterocycles. The van der Waals surface area contributed by atoms with Gasteiger partial charge in [0.15, 0.2) is 0 Å². The Hall–Kier alpha value is -2.09. The minimum absolute atomic E-state index is 0.225. The van der Waals surface area contributed by atoms with E-state index < -0.39 is 10.0 Å². The third-order valence-electron chi connectivity index (χ3n) is 4.14. The highest BCUT2D eigenvalue weighted by molar-refractivity contribution is 7.92. The van der Waals surface area contributed by atoms with E-state index in [-0.39, 0.29) is 12.5 Å². The summed E-state index contributed by atoms with van der Waals surface area (Å²) >= 11 is 0. The van der Waals surface area contributed by atoms with Gasteiger partial charge in [0, 0.05) is 26.2 Å². The van der Waals surface area contributed by atoms with Gasteiger partial charge in [-0.2, -0.15) is 0 Å². The molecule has 1 aromatic carbocycles. The fourth-order valence-electron chi connectivity index (χ4n) is 2.73. The smallest absolute Gasteiger partial charge is 0.243 e. The molecule has 0 spiro atoms. The molecule has 0 bridgehead atoms. The van der Waals surface area contributed by atoms with Crippen LogP contribution in [-0.4, -0.2) is 69.5 Å². The van der Waals surface area contributed by atoms with E-state index in [1.807, 2.05) is 19.1 Å². The molecule has 24 heavy (non-hydrogen) atoms. The van der Waals surface area contributed by atoms with Crippen molar-refractivity contribution < 1.29 is 18.0 Å². The van der Waals surface area contributed by atoms with Crippen LogP contribution in [0.5, 0.6) is 0 Å². The maximum atomic E-state index is 12.5. The second kappa shape index (κ2) is 7.65. The number of sulfonamides is 1. The van der Waals surface area contributed by atoms with Crippen molar-refractivity contribution in [3.63, 3.8) is 0 Å². The van der Waals surface area contributed by atoms with E-state index in [1.54, 1.807) is 21.9 Å². The van der Waals surface area contributed by atoms with Crippen molar-refractivity contribution in [3.05, 3.63) is 29.8 Å². The Labute approximate surface area is 142 Å². The number of para-hydroxylation sites is 1. The van der Waals surface area contributed by atoms with Crippen LogP contribution >= 0.6 is 0 Å². The van der Waals surface area contributed by atoms with Crippen LogP contribution in [0.1, 0.15) is 12.5 Å². The summed E-state index contributed by atoms with van der Waals surface area (Å²) in [5, 5.41) is 0. The summed E-state index contributed by atoms with van der Waals surface area (Å²) in [4.78, 5) is 26.5. The van der Waals surface area contributed by atoms with Gasteiger partial charge >= 0.3 is 0 Å². The molecule has 1 fully saturated rings. The molecule has 2 amide bonds. The molecular formula is C16H23N3O4S. The summed E-state index contributed by atoms with van der Waals surface area (Å²) < 4.78 is 25.6. The standard InChI is InChI=1S/C16H23N3O4S/c1-3-14-6-4-5-7-15(14)19(24(2,22)23)12-16(21)18-10-8-17(13-20)9-11-18/h4-7,13H,3,8-12H2,1-2H3. The zero-order valence-corrected chi connectivity index (χ0v) is 14.8. The summed E-state index contributed by atoms with van der Waals surface area (Å²) in [6.07, 6.45) is 2.55. The minimum Gasteiger partial charge on any atom is -0.342 e. The predicted octanol–water partition coefficient (Wildman–Crippen LogP) is 0.316. The van der Waals surface area contributed by atoms with E-state index in [0.29, 0.717) is 38.3 Å². The van der Waals surface area contributed by atoms with Crippen molar-refractivity contribution in [2.75, 3.05) is 43.3 Å². The van der Waals surface area contributed by atoms with Crippen molar-refractivity contribution in [2.24, 2.45) is 0 Å². The number of carbonyl (C=O) groups is 2. The second-order valence-corrected chi connectivity index (χ2v) is 7.68. The second-order valence-electron chi connectivity index (χ2n) is 5.77. The Kier molecular flexibility index (Phi) is 5.82. The van der Waals surface area contributed by atoms with Crippen molar-refractivity contribution in [2.45, 2.75) is 13.3 Å². The number of benzene rings is 1. The lowest BCUT2D eigenvalue weighted by atomic mass is 10.1. The van der Waals surface area contributed by atoms with Crippen LogP contribution in [0.15, 0.2) is 24.3 Å². The molecule has 2 rings (SSSR count). The molecule has 8 heteroatoms. The van der Waals surface area contributed by atoms with E-state index in [1.165, 1.54) is 4.31 Å². The third-order valence-corrected chi connectivity index (χ3v) is 5.26. The molecule has 1 aromatic rings. The average Bonchev–Trinajstić information content (AvgIpc) is 2.58. The van der Waals surface area contributed by atoms with Gasteiger partial charge in [-0.1, -0.05) is 25.1 Å². The fourth-order valence-corrected chi connectivity index (χ4v) is 3.61. The first-order valence-corrected chi connectivity index (χ1v) is 9.74. The molecule has 0 N–H and O–H groups in total. The number of carbonyl (C=O) groups excluding carboxylic acids is 2. The van der Waals surface area contributed by atoms with Gasteiger partial charge < -0.3 is 9.80 Å². The molecule has 0 radical (unpaired) electrons. The van der Waals surface area contributed by atoms with Crippen LogP contribution in [0, 0.1) is 0 Å². The number of anilines is 1. The molecular weight excluding hydrogens is 330 g/mol. The molecule has 1 aliphatic heterocycles. The van der Waals surface area contributed by atoms with E-state index in [4.69, 9.17) is 0 Å². The number of nitrogens with zero attached hydrogens (tertiary/aromatic N) is 3. The lowest BCUT2D eigenvalue weighted by molar-refractivity contribution is -0.133. The van der Waals surface area contributed by atoms with Crippen LogP contribution in [0.2, 0.25) is 0 Å². The largest absolute Gasteiger partial charge is 0.342 e. The van der Waals surface area contributed by atoms with Gasteiger partial charge in [-0.3, -0.25) is 13.9 Å². The highest BCUT2D eigenvalue weighted by Gasteiger charge is 2.27. The summed E-state index contributed by atoms with van der Waals surface area (Å²) in [5.74, 6) is -0.253. The number of amides is 2. The van der Waals surface area contributed by atoms with Gasteiger partial charge in [-0.05, 0) is 18.1 Å². The summed E-state index contributed by atoms with van der Waals surface area (Å²) in [7, 11) is -3.58. The molecule has 132 valence electrons. The first-order chi connectivity index (χ1) is 11.4. The molecule has 0 aromatic heterocycles. The zero-order chi connectivity index (χ0) is 17.7. The van der Waals surface area contributed by atoms with Crippen LogP contribution in [0.25, 0.3) is 0 Å². The van der Waals surface area contributed by atoms with Gasteiger partial charge in [0.25, 0.3) is 0 Å². The molecule has 7 nitrogen and oxygen atoms in total. The van der Waals surface area contributed by atoms with Crippen molar-refractivity contribution in [3.8, 4) is 0 Å². The lowest BCUT2D eigenvalue weighted by Crippen LogP contribution is -2.51. The van der Waals surface area contributed by atoms with Crippen LogP contribution in [0.4, 0.5) is 5.69 Å². The van der Waals surface area contributed by atoms with E-state index in [2.05, 4.69) is 0 Å². The number of aryl methyl sites for hydroxylation is 1. The first kappa shape index (κ1) is 18.3. The number of piperazine rings is 1. The maximum Gasteiger partial charge on any atom is 0.243 e. The topological polar surface area (TPSA) is 78.0 Å². The van der Waals surface area contributed by atoms with Crippen molar-refractivity contribution >= 4 is 28.0 Å². The molecule has 0 atom stereocenters. The van der Waals surface area contributed by atoms with Crippen molar-refractivity contribution in [1.82, 2.24) is 9.80 Å². The lowest BCUT2D eigenvalue weighted by Gasteiger charge is -2.34. The molecule has 1 aliphatic rings. The van der Waals surface area contributed by atoms with Gasteiger partial charge in [-0.25, -0.2) is 8.42 Å². The summed E-state index contributed by atoms with van der Waals surface area (Å²) in [5.41, 5.74) is 1.42. The Morgan fingerprint density at radius 1 is 1.21 bits per heavy atom. The molecule has 1 heterocycles. The minimum atomic E-state index is -3.58. The predicted molar refractivity (Wildman–Crippen MR) is 92.2 cm³/mol. The van der Waals surface area contributed by atoms with E-state index in [0.717, 1.165) is 18.2 Å². The third kappa shape index (κ3) is 4.25. The summed E-state index contributed by atoms with van der Waals surface area (Å²) in [6.45, 7) is 3.51. The quantitative estimate of drug-likeness (QED) is 0.690. The summed E-state index contributed by atoms with van der Waals surface area (Å²) in [6, 6.07) is 7.20. The van der Waals surface area contributed by atoms with E-state index in [9.17, 15) is 18.0 Å². The van der Waals surface area contributed by atoms with Gasteiger partial charge in [-0.15, -0.1) is 0 Å². The molecule has 0 aliphatic carbocycles. The van der Waals surface area contributed by atoms with Gasteiger partial charge in [0.2, 0.25) is 22.3 Å². The van der Waals surface area contributed by atoms with Crippen LogP contribution in [-0.2, 0) is 26.0 Å². The number of hydrogen-bond donors (Lipinski definition) is 0. The van der Waals surface area contributed by atoms with Gasteiger partial charge in [0.05, 0.1) is 11.9 Å². The Bertz CT molecular complexity index is 697.